The van der Waals surface area contributed by atoms with Crippen LogP contribution in [0.25, 0.3) is 0 Å². The molecule has 0 heterocycles. The van der Waals surface area contributed by atoms with Gasteiger partial charge in [-0.2, -0.15) is 13.2 Å². The van der Waals surface area contributed by atoms with Gasteiger partial charge in [0.25, 0.3) is 0 Å². The number of nitrogens with two attached hydrogens (primary N) is 1. The Morgan fingerprint density at radius 1 is 1.38 bits per heavy atom. The van der Waals surface area contributed by atoms with Crippen LogP contribution in [0.5, 0.6) is 5.75 Å². The Morgan fingerprint density at radius 2 is 2.10 bits per heavy atom. The van der Waals surface area contributed by atoms with Crippen molar-refractivity contribution in [2.24, 2.45) is 0 Å². The molecule has 0 radical (unpaired) electrons. The zero-order valence-electron chi connectivity index (χ0n) is 11.5. The van der Waals surface area contributed by atoms with Gasteiger partial charge in [-0.05, 0) is 18.6 Å². The van der Waals surface area contributed by atoms with Gasteiger partial charge in [0.1, 0.15) is 12.4 Å². The van der Waals surface area contributed by atoms with Crippen LogP contribution in [0.2, 0.25) is 0 Å². The summed E-state index contributed by atoms with van der Waals surface area (Å²) in [5.74, 6) is 0.0628. The standard InChI is InChI=1S/C13H17F3N2O3/c1-20-9-3-4-11(10(17)7-9)18-12(19)8-21-6-2-5-13(14,15)16/h3-4,7H,2,5-6,8,17H2,1H3,(H,18,19). The summed E-state index contributed by atoms with van der Waals surface area (Å²) in [6.45, 7) is -0.464. The van der Waals surface area contributed by atoms with Gasteiger partial charge in [0.2, 0.25) is 5.91 Å². The molecule has 0 unspecified atom stereocenters. The van der Waals surface area contributed by atoms with E-state index >= 15 is 0 Å². The van der Waals surface area contributed by atoms with Gasteiger partial charge in [0.15, 0.2) is 0 Å². The fourth-order valence-electron chi connectivity index (χ4n) is 1.51. The molecule has 1 aromatic rings. The van der Waals surface area contributed by atoms with Gasteiger partial charge in [-0.3, -0.25) is 4.79 Å². The lowest BCUT2D eigenvalue weighted by Gasteiger charge is -2.10. The summed E-state index contributed by atoms with van der Waals surface area (Å²) < 4.78 is 45.5. The number of alkyl halides is 3. The van der Waals surface area contributed by atoms with Gasteiger partial charge in [-0.25, -0.2) is 0 Å². The zero-order valence-corrected chi connectivity index (χ0v) is 11.5. The number of rotatable bonds is 7. The molecule has 0 bridgehead atoms. The van der Waals surface area contributed by atoms with E-state index in [1.807, 2.05) is 0 Å². The van der Waals surface area contributed by atoms with Crippen LogP contribution in [0.1, 0.15) is 12.8 Å². The van der Waals surface area contributed by atoms with Crippen LogP contribution >= 0.6 is 0 Å². The molecule has 0 aromatic heterocycles. The first-order valence-electron chi connectivity index (χ1n) is 6.19. The second kappa shape index (κ2) is 7.72. The third-order valence-electron chi connectivity index (χ3n) is 2.51. The van der Waals surface area contributed by atoms with E-state index in [4.69, 9.17) is 15.2 Å². The van der Waals surface area contributed by atoms with Crippen molar-refractivity contribution in [2.75, 3.05) is 31.4 Å². The highest BCUT2D eigenvalue weighted by Gasteiger charge is 2.25. The average molecular weight is 306 g/mol. The SMILES string of the molecule is COc1ccc(NC(=O)COCCCC(F)(F)F)c(N)c1. The highest BCUT2D eigenvalue weighted by atomic mass is 19.4. The summed E-state index contributed by atoms with van der Waals surface area (Å²) in [5, 5.41) is 2.50. The predicted molar refractivity (Wildman–Crippen MR) is 72.1 cm³/mol. The summed E-state index contributed by atoms with van der Waals surface area (Å²) in [6.07, 6.45) is -5.31. The molecule has 0 saturated carbocycles. The van der Waals surface area contributed by atoms with Gasteiger partial charge in [0, 0.05) is 19.1 Å². The van der Waals surface area contributed by atoms with E-state index in [0.29, 0.717) is 17.1 Å². The van der Waals surface area contributed by atoms with E-state index in [1.165, 1.54) is 7.11 Å². The molecule has 5 nitrogen and oxygen atoms in total. The molecular weight excluding hydrogens is 289 g/mol. The van der Waals surface area contributed by atoms with Crippen LogP contribution < -0.4 is 15.8 Å². The van der Waals surface area contributed by atoms with Crippen molar-refractivity contribution in [3.05, 3.63) is 18.2 Å². The number of nitrogens with one attached hydrogen (secondary N) is 1. The van der Waals surface area contributed by atoms with Crippen LogP contribution in [0, 0.1) is 0 Å². The van der Waals surface area contributed by atoms with Crippen LogP contribution in [0.15, 0.2) is 18.2 Å². The summed E-state index contributed by atoms with van der Waals surface area (Å²) in [5.41, 5.74) is 6.42. The number of amides is 1. The van der Waals surface area contributed by atoms with Crippen molar-refractivity contribution in [2.45, 2.75) is 19.0 Å². The molecule has 118 valence electrons. The van der Waals surface area contributed by atoms with Gasteiger partial charge in [-0.15, -0.1) is 0 Å². The predicted octanol–water partition coefficient (Wildman–Crippen LogP) is 2.58. The Morgan fingerprint density at radius 3 is 2.67 bits per heavy atom. The summed E-state index contributed by atoms with van der Waals surface area (Å²) >= 11 is 0. The molecule has 3 N–H and O–H groups in total. The average Bonchev–Trinajstić information content (AvgIpc) is 2.39. The van der Waals surface area contributed by atoms with Crippen molar-refractivity contribution in [1.82, 2.24) is 0 Å². The number of methoxy groups -OCH3 is 1. The van der Waals surface area contributed by atoms with Crippen molar-refractivity contribution in [3.63, 3.8) is 0 Å². The molecule has 0 fully saturated rings. The molecule has 0 atom stereocenters. The van der Waals surface area contributed by atoms with E-state index < -0.39 is 18.5 Å². The van der Waals surface area contributed by atoms with Crippen molar-refractivity contribution in [1.29, 1.82) is 0 Å². The highest BCUT2D eigenvalue weighted by Crippen LogP contribution is 2.24. The lowest BCUT2D eigenvalue weighted by Crippen LogP contribution is -2.20. The van der Waals surface area contributed by atoms with Crippen LogP contribution in [0.4, 0.5) is 24.5 Å². The molecule has 8 heteroatoms. The summed E-state index contributed by atoms with van der Waals surface area (Å²) in [6, 6.07) is 4.73. The number of carbonyl (C=O) groups excluding carboxylic acids is 1. The van der Waals surface area contributed by atoms with E-state index in [2.05, 4.69) is 5.32 Å². The Hall–Kier alpha value is -1.96. The molecular formula is C13H17F3N2O3. The third kappa shape index (κ3) is 6.84. The van der Waals surface area contributed by atoms with Gasteiger partial charge < -0.3 is 20.5 Å². The number of nitrogen functional groups attached to an aromatic ring is 1. The highest BCUT2D eigenvalue weighted by molar-refractivity contribution is 5.94. The Balaban J connectivity index is 2.31. The van der Waals surface area contributed by atoms with E-state index in [-0.39, 0.29) is 19.6 Å². The fraction of sp³-hybridized carbons (Fsp3) is 0.462. The topological polar surface area (TPSA) is 73.6 Å². The zero-order chi connectivity index (χ0) is 15.9. The fourth-order valence-corrected chi connectivity index (χ4v) is 1.51. The van der Waals surface area contributed by atoms with Gasteiger partial charge in [0.05, 0.1) is 18.5 Å². The van der Waals surface area contributed by atoms with E-state index in [1.54, 1.807) is 18.2 Å². The van der Waals surface area contributed by atoms with Gasteiger partial charge >= 0.3 is 6.18 Å². The number of anilines is 2. The molecule has 0 aliphatic heterocycles. The van der Waals surface area contributed by atoms with E-state index in [9.17, 15) is 18.0 Å². The number of carbonyl (C=O) groups is 1. The molecule has 0 spiro atoms. The number of halogens is 3. The maximum Gasteiger partial charge on any atom is 0.389 e. The molecule has 0 aliphatic rings. The first-order valence-corrected chi connectivity index (χ1v) is 6.19. The van der Waals surface area contributed by atoms with Crippen molar-refractivity contribution < 1.29 is 27.4 Å². The van der Waals surface area contributed by atoms with E-state index in [0.717, 1.165) is 0 Å². The summed E-state index contributed by atoms with van der Waals surface area (Å²) in [4.78, 5) is 11.5. The monoisotopic (exact) mass is 306 g/mol. The first kappa shape index (κ1) is 17.1. The molecule has 1 aromatic carbocycles. The maximum absolute atomic E-state index is 11.9. The number of hydrogen-bond acceptors (Lipinski definition) is 4. The van der Waals surface area contributed by atoms with Crippen molar-refractivity contribution in [3.8, 4) is 5.75 Å². The minimum Gasteiger partial charge on any atom is -0.497 e. The smallest absolute Gasteiger partial charge is 0.389 e. The number of hydrogen-bond donors (Lipinski definition) is 2. The van der Waals surface area contributed by atoms with Crippen LogP contribution in [0.3, 0.4) is 0 Å². The lowest BCUT2D eigenvalue weighted by molar-refractivity contribution is -0.138. The minimum atomic E-state index is -4.21. The van der Waals surface area contributed by atoms with Crippen LogP contribution in [-0.2, 0) is 9.53 Å². The molecule has 0 saturated heterocycles. The largest absolute Gasteiger partial charge is 0.497 e. The molecule has 0 aliphatic carbocycles. The quantitative estimate of drug-likeness (QED) is 0.600. The Bertz CT molecular complexity index is 478. The molecule has 1 amide bonds. The normalized spacial score (nSPS) is 11.2. The first-order chi connectivity index (χ1) is 9.81. The Kier molecular flexibility index (Phi) is 6.29. The second-order valence-electron chi connectivity index (χ2n) is 4.27. The molecule has 21 heavy (non-hydrogen) atoms. The minimum absolute atomic E-state index is 0.134. The van der Waals surface area contributed by atoms with Crippen molar-refractivity contribution >= 4 is 17.3 Å². The number of ether oxygens (including phenoxy) is 2. The van der Waals surface area contributed by atoms with Gasteiger partial charge in [-0.1, -0.05) is 0 Å². The molecule has 1 rings (SSSR count). The third-order valence-corrected chi connectivity index (χ3v) is 2.51. The number of benzene rings is 1. The second-order valence-corrected chi connectivity index (χ2v) is 4.27. The van der Waals surface area contributed by atoms with Crippen LogP contribution in [-0.4, -0.2) is 32.4 Å². The lowest BCUT2D eigenvalue weighted by atomic mass is 10.2. The maximum atomic E-state index is 11.9. The Labute approximate surface area is 120 Å². The summed E-state index contributed by atoms with van der Waals surface area (Å²) in [7, 11) is 1.49.